The highest BCUT2D eigenvalue weighted by Crippen LogP contribution is 2.27. The van der Waals surface area contributed by atoms with Crippen LogP contribution in [0.1, 0.15) is 40.1 Å². The molecule has 0 N–H and O–H groups in total. The monoisotopic (exact) mass is 421 g/mol. The summed E-state index contributed by atoms with van der Waals surface area (Å²) in [5.41, 5.74) is -0.874. The van der Waals surface area contributed by atoms with Gasteiger partial charge in [-0.2, -0.15) is 0 Å². The third kappa shape index (κ3) is 5.17. The van der Waals surface area contributed by atoms with Gasteiger partial charge in [0.05, 0.1) is 39.9 Å². The van der Waals surface area contributed by atoms with Gasteiger partial charge in [0.2, 0.25) is 0 Å². The highest BCUT2D eigenvalue weighted by atomic mass is 32.2. The average molecular weight is 421 g/mol. The first kappa shape index (κ1) is 22.0. The molecule has 9 nitrogen and oxygen atoms in total. The van der Waals surface area contributed by atoms with Gasteiger partial charge in [0.15, 0.2) is 9.84 Å². The van der Waals surface area contributed by atoms with Gasteiger partial charge in [-0.1, -0.05) is 18.2 Å². The van der Waals surface area contributed by atoms with E-state index < -0.39 is 38.1 Å². The van der Waals surface area contributed by atoms with Crippen molar-refractivity contribution in [2.24, 2.45) is 0 Å². The van der Waals surface area contributed by atoms with Crippen molar-refractivity contribution < 1.29 is 32.4 Å². The molecule has 10 heteroatoms. The van der Waals surface area contributed by atoms with Crippen LogP contribution in [0.15, 0.2) is 47.4 Å². The van der Waals surface area contributed by atoms with E-state index in [1.807, 2.05) is 0 Å². The maximum Gasteiger partial charge on any atom is 0.339 e. The minimum absolute atomic E-state index is 0.0633. The maximum absolute atomic E-state index is 12.9. The minimum Gasteiger partial charge on any atom is -0.462 e. The van der Waals surface area contributed by atoms with Gasteiger partial charge in [-0.25, -0.2) is 18.0 Å². The number of hydrogen-bond donors (Lipinski definition) is 0. The summed E-state index contributed by atoms with van der Waals surface area (Å²) in [7, 11) is -4.13. The van der Waals surface area contributed by atoms with Gasteiger partial charge >= 0.3 is 11.9 Å². The predicted molar refractivity (Wildman–Crippen MR) is 102 cm³/mol. The molecule has 0 aromatic heterocycles. The normalized spacial score (nSPS) is 11.0. The third-order valence-electron chi connectivity index (χ3n) is 3.86. The summed E-state index contributed by atoms with van der Waals surface area (Å²) < 4.78 is 35.5. The Labute approximate surface area is 167 Å². The number of ether oxygens (including phenoxy) is 2. The van der Waals surface area contributed by atoms with E-state index in [4.69, 9.17) is 9.47 Å². The highest BCUT2D eigenvalue weighted by Gasteiger charge is 2.27. The first-order valence-corrected chi connectivity index (χ1v) is 10.3. The number of hydrogen-bond acceptors (Lipinski definition) is 8. The maximum atomic E-state index is 12.9. The van der Waals surface area contributed by atoms with Gasteiger partial charge in [-0.3, -0.25) is 10.1 Å². The van der Waals surface area contributed by atoms with E-state index in [9.17, 15) is 28.1 Å². The van der Waals surface area contributed by atoms with E-state index in [1.54, 1.807) is 13.8 Å². The van der Waals surface area contributed by atoms with Gasteiger partial charge in [-0.15, -0.1) is 0 Å². The van der Waals surface area contributed by atoms with Crippen molar-refractivity contribution in [2.75, 3.05) is 13.2 Å². The molecule has 0 bridgehead atoms. The standard InChI is InChI=1S/C19H19NO8S/c1-3-27-18(21)13-9-10-14(16(11-13)20(23)24)12-29(25,26)17-8-6-5-7-15(17)19(22)28-4-2/h5-11H,3-4,12H2,1-2H3. The highest BCUT2D eigenvalue weighted by molar-refractivity contribution is 7.90. The Balaban J connectivity index is 2.47. The lowest BCUT2D eigenvalue weighted by Gasteiger charge is -2.11. The van der Waals surface area contributed by atoms with Crippen molar-refractivity contribution >= 4 is 27.5 Å². The van der Waals surface area contributed by atoms with Gasteiger partial charge in [0.1, 0.15) is 0 Å². The largest absolute Gasteiger partial charge is 0.462 e. The molecule has 0 unspecified atom stereocenters. The molecule has 0 heterocycles. The van der Waals surface area contributed by atoms with Crippen molar-refractivity contribution in [3.63, 3.8) is 0 Å². The molecule has 0 saturated carbocycles. The molecule has 0 fully saturated rings. The molecule has 2 aromatic carbocycles. The van der Waals surface area contributed by atoms with E-state index in [0.717, 1.165) is 6.07 Å². The summed E-state index contributed by atoms with van der Waals surface area (Å²) >= 11 is 0. The molecule has 0 spiro atoms. The smallest absolute Gasteiger partial charge is 0.339 e. The SMILES string of the molecule is CCOC(=O)c1ccc(CS(=O)(=O)c2ccccc2C(=O)OCC)c([N+](=O)[O-])c1. The number of benzene rings is 2. The van der Waals surface area contributed by atoms with Crippen LogP contribution in [0.2, 0.25) is 0 Å². The van der Waals surface area contributed by atoms with Gasteiger partial charge < -0.3 is 9.47 Å². The molecular weight excluding hydrogens is 402 g/mol. The van der Waals surface area contributed by atoms with E-state index in [1.165, 1.54) is 36.4 Å². The van der Waals surface area contributed by atoms with Crippen LogP contribution in [-0.4, -0.2) is 38.5 Å². The van der Waals surface area contributed by atoms with E-state index >= 15 is 0 Å². The Morgan fingerprint density at radius 2 is 1.62 bits per heavy atom. The lowest BCUT2D eigenvalue weighted by atomic mass is 10.1. The van der Waals surface area contributed by atoms with E-state index in [0.29, 0.717) is 0 Å². The molecule has 2 rings (SSSR count). The Hall–Kier alpha value is -3.27. The quantitative estimate of drug-likeness (QED) is 0.361. The number of nitro groups is 1. The zero-order valence-corrected chi connectivity index (χ0v) is 16.6. The molecule has 0 saturated heterocycles. The van der Waals surface area contributed by atoms with Crippen molar-refractivity contribution in [2.45, 2.75) is 24.5 Å². The van der Waals surface area contributed by atoms with Crippen LogP contribution >= 0.6 is 0 Å². The van der Waals surface area contributed by atoms with Crippen LogP contribution in [0, 0.1) is 10.1 Å². The molecule has 29 heavy (non-hydrogen) atoms. The Morgan fingerprint density at radius 1 is 1.00 bits per heavy atom. The molecule has 2 aromatic rings. The van der Waals surface area contributed by atoms with E-state index in [-0.39, 0.29) is 34.8 Å². The average Bonchev–Trinajstić information content (AvgIpc) is 2.68. The number of carbonyl (C=O) groups excluding carboxylic acids is 2. The molecular formula is C19H19NO8S. The third-order valence-corrected chi connectivity index (χ3v) is 5.57. The number of nitro benzene ring substituents is 1. The topological polar surface area (TPSA) is 130 Å². The first-order chi connectivity index (χ1) is 13.7. The second-order valence-corrected chi connectivity index (χ2v) is 7.75. The first-order valence-electron chi connectivity index (χ1n) is 8.64. The van der Waals surface area contributed by atoms with Gasteiger partial charge in [0, 0.05) is 11.6 Å². The van der Waals surface area contributed by atoms with Crippen molar-refractivity contribution in [1.29, 1.82) is 0 Å². The lowest BCUT2D eigenvalue weighted by molar-refractivity contribution is -0.385. The second kappa shape index (κ2) is 9.28. The predicted octanol–water partition coefficient (Wildman–Crippen LogP) is 2.92. The summed E-state index contributed by atoms with van der Waals surface area (Å²) in [5, 5.41) is 11.4. The van der Waals surface area contributed by atoms with Gasteiger partial charge in [0.25, 0.3) is 5.69 Å². The van der Waals surface area contributed by atoms with Crippen molar-refractivity contribution in [3.8, 4) is 0 Å². The van der Waals surface area contributed by atoms with Crippen molar-refractivity contribution in [1.82, 2.24) is 0 Å². The molecule has 0 radical (unpaired) electrons. The van der Waals surface area contributed by atoms with Crippen LogP contribution in [0.5, 0.6) is 0 Å². The van der Waals surface area contributed by atoms with E-state index in [2.05, 4.69) is 0 Å². The molecule has 0 amide bonds. The second-order valence-electron chi connectivity index (χ2n) is 5.80. The fraction of sp³-hybridized carbons (Fsp3) is 0.263. The van der Waals surface area contributed by atoms with Crippen LogP contribution in [0.25, 0.3) is 0 Å². The summed E-state index contributed by atoms with van der Waals surface area (Å²) in [6.45, 7) is 3.33. The fourth-order valence-electron chi connectivity index (χ4n) is 2.60. The molecule has 0 aliphatic rings. The summed E-state index contributed by atoms with van der Waals surface area (Å²) in [6, 6.07) is 8.89. The summed E-state index contributed by atoms with van der Waals surface area (Å²) in [5.74, 6) is -2.29. The van der Waals surface area contributed by atoms with Crippen molar-refractivity contribution in [3.05, 3.63) is 69.3 Å². The summed E-state index contributed by atoms with van der Waals surface area (Å²) in [6.07, 6.45) is 0. The molecule has 0 aliphatic carbocycles. The zero-order chi connectivity index (χ0) is 21.6. The molecule has 0 aliphatic heterocycles. The Kier molecular flexibility index (Phi) is 7.05. The van der Waals surface area contributed by atoms with Crippen LogP contribution in [-0.2, 0) is 25.1 Å². The number of carbonyl (C=O) groups is 2. The minimum atomic E-state index is -4.13. The lowest BCUT2D eigenvalue weighted by Crippen LogP contribution is -2.14. The van der Waals surface area contributed by atoms with Crippen LogP contribution < -0.4 is 0 Å². The number of nitrogens with zero attached hydrogens (tertiary/aromatic N) is 1. The molecule has 154 valence electrons. The fourth-order valence-corrected chi connectivity index (χ4v) is 4.18. The Bertz CT molecular complexity index is 1050. The van der Waals surface area contributed by atoms with Gasteiger partial charge in [-0.05, 0) is 32.0 Å². The van der Waals surface area contributed by atoms with Crippen LogP contribution in [0.3, 0.4) is 0 Å². The molecule has 0 atom stereocenters. The van der Waals surface area contributed by atoms with Crippen LogP contribution in [0.4, 0.5) is 5.69 Å². The number of sulfone groups is 1. The number of esters is 2. The Morgan fingerprint density at radius 3 is 2.24 bits per heavy atom. The zero-order valence-electron chi connectivity index (χ0n) is 15.8. The summed E-state index contributed by atoms with van der Waals surface area (Å²) in [4.78, 5) is 34.2. The number of rotatable bonds is 8.